The van der Waals surface area contributed by atoms with Gasteiger partial charge in [-0.1, -0.05) is 42.5 Å². The molecule has 0 saturated carbocycles. The number of aryl methyl sites for hydroxylation is 3. The maximum absolute atomic E-state index is 13.6. The van der Waals surface area contributed by atoms with E-state index in [1.807, 2.05) is 92.5 Å². The highest BCUT2D eigenvalue weighted by molar-refractivity contribution is 5.89. The second kappa shape index (κ2) is 7.36. The van der Waals surface area contributed by atoms with E-state index < -0.39 is 0 Å². The first-order valence-electron chi connectivity index (χ1n) is 10.3. The fourth-order valence-electron chi connectivity index (χ4n) is 4.18. The van der Waals surface area contributed by atoms with Gasteiger partial charge in [-0.15, -0.1) is 4.68 Å². The van der Waals surface area contributed by atoms with Crippen LogP contribution in [0.2, 0.25) is 0 Å². The molecule has 2 heterocycles. The molecule has 152 valence electrons. The SMILES string of the molecule is Cc1cccc(C)c1-n1c(C=Cc2cccc3c[n+](C)[nH]c23)nc2ccccc2c1=O. The lowest BCUT2D eigenvalue weighted by Crippen LogP contribution is -2.28. The molecule has 5 nitrogen and oxygen atoms in total. The molecule has 5 aromatic rings. The number of rotatable bonds is 3. The summed E-state index contributed by atoms with van der Waals surface area (Å²) in [6.45, 7) is 4.05. The van der Waals surface area contributed by atoms with Crippen LogP contribution in [0.1, 0.15) is 22.5 Å². The smallest absolute Gasteiger partial charge is 0.266 e. The van der Waals surface area contributed by atoms with E-state index in [1.165, 1.54) is 0 Å². The summed E-state index contributed by atoms with van der Waals surface area (Å²) in [6, 6.07) is 19.7. The van der Waals surface area contributed by atoms with Gasteiger partial charge in [-0.3, -0.25) is 9.36 Å². The molecular formula is C26H23N4O+. The number of nitrogens with one attached hydrogen (secondary N) is 1. The monoisotopic (exact) mass is 407 g/mol. The van der Waals surface area contributed by atoms with Crippen molar-refractivity contribution >= 4 is 34.0 Å². The summed E-state index contributed by atoms with van der Waals surface area (Å²) in [4.78, 5) is 18.4. The number of fused-ring (bicyclic) bond motifs is 2. The number of para-hydroxylation sites is 3. The second-order valence-corrected chi connectivity index (χ2v) is 7.86. The Morgan fingerprint density at radius 3 is 2.48 bits per heavy atom. The van der Waals surface area contributed by atoms with Crippen molar-refractivity contribution in [2.45, 2.75) is 13.8 Å². The van der Waals surface area contributed by atoms with Crippen LogP contribution in [0.4, 0.5) is 0 Å². The maximum atomic E-state index is 13.6. The van der Waals surface area contributed by atoms with E-state index >= 15 is 0 Å². The van der Waals surface area contributed by atoms with Crippen molar-refractivity contribution in [1.82, 2.24) is 14.6 Å². The van der Waals surface area contributed by atoms with Gasteiger partial charge in [-0.25, -0.2) is 4.98 Å². The molecule has 5 heteroatoms. The Kier molecular flexibility index (Phi) is 4.51. The minimum absolute atomic E-state index is 0.0628. The summed E-state index contributed by atoms with van der Waals surface area (Å²) in [7, 11) is 1.97. The van der Waals surface area contributed by atoms with Gasteiger partial charge >= 0.3 is 0 Å². The first-order valence-corrected chi connectivity index (χ1v) is 10.3. The number of aromatic nitrogens is 4. The number of hydrogen-bond donors (Lipinski definition) is 1. The van der Waals surface area contributed by atoms with Crippen molar-refractivity contribution in [3.63, 3.8) is 0 Å². The predicted octanol–water partition coefficient (Wildman–Crippen LogP) is 4.48. The average molecular weight is 407 g/mol. The van der Waals surface area contributed by atoms with E-state index in [-0.39, 0.29) is 5.56 Å². The second-order valence-electron chi connectivity index (χ2n) is 7.86. The highest BCUT2D eigenvalue weighted by atomic mass is 16.1. The third kappa shape index (κ3) is 3.24. The van der Waals surface area contributed by atoms with E-state index in [4.69, 9.17) is 4.98 Å². The molecule has 0 aliphatic rings. The zero-order valence-electron chi connectivity index (χ0n) is 17.8. The zero-order valence-corrected chi connectivity index (χ0v) is 17.8. The Morgan fingerprint density at radius 2 is 1.68 bits per heavy atom. The molecule has 0 saturated heterocycles. The molecule has 0 fully saturated rings. The van der Waals surface area contributed by atoms with Crippen molar-refractivity contribution in [3.05, 3.63) is 99.7 Å². The fourth-order valence-corrected chi connectivity index (χ4v) is 4.18. The van der Waals surface area contributed by atoms with E-state index in [1.54, 1.807) is 4.57 Å². The Balaban J connectivity index is 1.78. The first-order chi connectivity index (χ1) is 15.0. The van der Waals surface area contributed by atoms with Crippen molar-refractivity contribution < 1.29 is 4.68 Å². The molecule has 0 spiro atoms. The molecule has 0 radical (unpaired) electrons. The van der Waals surface area contributed by atoms with Crippen molar-refractivity contribution in [2.24, 2.45) is 7.05 Å². The van der Waals surface area contributed by atoms with Crippen molar-refractivity contribution in [2.75, 3.05) is 0 Å². The minimum Gasteiger partial charge on any atom is -0.268 e. The lowest BCUT2D eigenvalue weighted by molar-refractivity contribution is -0.724. The van der Waals surface area contributed by atoms with Crippen LogP contribution in [0.25, 0.3) is 39.6 Å². The number of H-pyrrole nitrogens is 1. The molecule has 0 atom stereocenters. The van der Waals surface area contributed by atoms with E-state index in [0.29, 0.717) is 16.7 Å². The summed E-state index contributed by atoms with van der Waals surface area (Å²) in [5.74, 6) is 0.606. The molecule has 0 unspecified atom stereocenters. The number of nitrogens with zero attached hydrogens (tertiary/aromatic N) is 3. The van der Waals surface area contributed by atoms with Gasteiger partial charge in [0.2, 0.25) is 6.20 Å². The molecule has 1 N–H and O–H groups in total. The van der Waals surface area contributed by atoms with Gasteiger partial charge in [0, 0.05) is 5.56 Å². The van der Waals surface area contributed by atoms with Crippen LogP contribution in [-0.2, 0) is 7.05 Å². The van der Waals surface area contributed by atoms with Crippen LogP contribution >= 0.6 is 0 Å². The molecule has 0 aliphatic carbocycles. The van der Waals surface area contributed by atoms with Crippen LogP contribution in [0.15, 0.2) is 71.7 Å². The number of aromatic amines is 1. The normalized spacial score (nSPS) is 11.7. The third-order valence-electron chi connectivity index (χ3n) is 5.63. The highest BCUT2D eigenvalue weighted by Crippen LogP contribution is 2.22. The van der Waals surface area contributed by atoms with Crippen molar-refractivity contribution in [1.29, 1.82) is 0 Å². The molecular weight excluding hydrogens is 384 g/mol. The van der Waals surface area contributed by atoms with Gasteiger partial charge < -0.3 is 0 Å². The van der Waals surface area contributed by atoms with Gasteiger partial charge in [0.15, 0.2) is 7.05 Å². The van der Waals surface area contributed by atoms with Gasteiger partial charge in [0.25, 0.3) is 5.56 Å². The van der Waals surface area contributed by atoms with Crippen LogP contribution < -0.4 is 10.2 Å². The quantitative estimate of drug-likeness (QED) is 0.449. The van der Waals surface area contributed by atoms with E-state index in [0.717, 1.165) is 33.3 Å². The highest BCUT2D eigenvalue weighted by Gasteiger charge is 2.15. The van der Waals surface area contributed by atoms with E-state index in [2.05, 4.69) is 17.2 Å². The average Bonchev–Trinajstić information content (AvgIpc) is 3.14. The van der Waals surface area contributed by atoms with Gasteiger partial charge in [0.05, 0.1) is 22.0 Å². The Hall–Kier alpha value is -3.99. The molecule has 31 heavy (non-hydrogen) atoms. The summed E-state index contributed by atoms with van der Waals surface area (Å²) in [5, 5.41) is 5.09. The van der Waals surface area contributed by atoms with Crippen LogP contribution in [0, 0.1) is 13.8 Å². The predicted molar refractivity (Wildman–Crippen MR) is 125 cm³/mol. The third-order valence-corrected chi connectivity index (χ3v) is 5.63. The molecule has 0 aliphatic heterocycles. The van der Waals surface area contributed by atoms with Gasteiger partial charge in [-0.2, -0.15) is 5.10 Å². The topological polar surface area (TPSA) is 54.6 Å². The lowest BCUT2D eigenvalue weighted by Gasteiger charge is -2.16. The summed E-state index contributed by atoms with van der Waals surface area (Å²) >= 11 is 0. The summed E-state index contributed by atoms with van der Waals surface area (Å²) < 4.78 is 3.67. The van der Waals surface area contributed by atoms with Crippen molar-refractivity contribution in [3.8, 4) is 5.69 Å². The summed E-state index contributed by atoms with van der Waals surface area (Å²) in [6.07, 6.45) is 5.99. The number of benzene rings is 3. The molecule has 2 aromatic heterocycles. The largest absolute Gasteiger partial charge is 0.268 e. The minimum atomic E-state index is -0.0628. The zero-order chi connectivity index (χ0) is 21.5. The fraction of sp³-hybridized carbons (Fsp3) is 0.115. The van der Waals surface area contributed by atoms with Gasteiger partial charge in [-0.05, 0) is 55.3 Å². The summed E-state index contributed by atoms with van der Waals surface area (Å²) in [5.41, 5.74) is 5.66. The molecule has 0 bridgehead atoms. The number of hydrogen-bond acceptors (Lipinski definition) is 2. The maximum Gasteiger partial charge on any atom is 0.266 e. The van der Waals surface area contributed by atoms with Crippen LogP contribution in [0.3, 0.4) is 0 Å². The first kappa shape index (κ1) is 19.0. The Labute approximate surface area is 179 Å². The molecule has 5 rings (SSSR count). The molecule has 0 amide bonds. The van der Waals surface area contributed by atoms with E-state index in [9.17, 15) is 4.79 Å². The lowest BCUT2D eigenvalue weighted by atomic mass is 10.1. The van der Waals surface area contributed by atoms with Crippen LogP contribution in [0.5, 0.6) is 0 Å². The Morgan fingerprint density at radius 1 is 0.935 bits per heavy atom. The van der Waals surface area contributed by atoms with Gasteiger partial charge in [0.1, 0.15) is 11.3 Å². The Bertz CT molecular complexity index is 1520. The standard InChI is InChI=1S/C26H22N4O/c1-17-8-6-9-18(2)25(17)30-23(27-22-13-5-4-12-21(22)26(30)31)15-14-19-10-7-11-20-16-29(3)28-24(19)20/h4-16H,1-3H3/p+1. The molecule has 3 aromatic carbocycles. The van der Waals surface area contributed by atoms with Crippen LogP contribution in [-0.4, -0.2) is 14.6 Å².